The van der Waals surface area contributed by atoms with Crippen molar-refractivity contribution in [2.75, 3.05) is 5.88 Å². The molecular formula is C19H39Cl3Si. The second-order valence-corrected chi connectivity index (χ2v) is 9.18. The van der Waals surface area contributed by atoms with E-state index < -0.39 is 0 Å². The minimum atomic E-state index is 0.198. The summed E-state index contributed by atoms with van der Waals surface area (Å²) in [4.78, 5) is 0. The van der Waals surface area contributed by atoms with Crippen LogP contribution in [0.15, 0.2) is 0 Å². The molecule has 4 heteroatoms. The van der Waals surface area contributed by atoms with Crippen LogP contribution in [0.5, 0.6) is 0 Å². The van der Waals surface area contributed by atoms with E-state index in [1.165, 1.54) is 89.9 Å². The lowest BCUT2D eigenvalue weighted by atomic mass is 10.0. The molecule has 0 N–H and O–H groups in total. The minimum absolute atomic E-state index is 0.198. The highest BCUT2D eigenvalue weighted by Gasteiger charge is 2.13. The summed E-state index contributed by atoms with van der Waals surface area (Å²) in [6.07, 6.45) is 20.3. The van der Waals surface area contributed by atoms with Crippen LogP contribution in [-0.4, -0.2) is 26.9 Å². The van der Waals surface area contributed by atoms with Gasteiger partial charge in [0.25, 0.3) is 0 Å². The first-order valence-corrected chi connectivity index (χ1v) is 12.9. The van der Waals surface area contributed by atoms with Crippen LogP contribution < -0.4 is 0 Å². The van der Waals surface area contributed by atoms with Crippen LogP contribution in [0.1, 0.15) is 96.3 Å². The van der Waals surface area contributed by atoms with Crippen molar-refractivity contribution in [3.8, 4) is 0 Å². The molecule has 0 aromatic rings. The predicted molar refractivity (Wildman–Crippen MR) is 114 cm³/mol. The molecule has 0 amide bonds. The number of hydrogen-bond donors (Lipinski definition) is 0. The van der Waals surface area contributed by atoms with E-state index in [2.05, 4.69) is 0 Å². The maximum atomic E-state index is 6.27. The number of halogens is 3. The molecular weight excluding hydrogens is 363 g/mol. The zero-order valence-electron chi connectivity index (χ0n) is 15.3. The van der Waals surface area contributed by atoms with Gasteiger partial charge in [0.15, 0.2) is 0 Å². The van der Waals surface area contributed by atoms with Crippen LogP contribution in [0, 0.1) is 0 Å². The van der Waals surface area contributed by atoms with Gasteiger partial charge in [-0.05, 0) is 18.9 Å². The van der Waals surface area contributed by atoms with Gasteiger partial charge in [0.2, 0.25) is 0 Å². The lowest BCUT2D eigenvalue weighted by molar-refractivity contribution is 0.530. The van der Waals surface area contributed by atoms with Gasteiger partial charge in [-0.25, -0.2) is 0 Å². The molecule has 0 rings (SSSR count). The highest BCUT2D eigenvalue weighted by molar-refractivity contribution is 6.32. The van der Waals surface area contributed by atoms with Crippen LogP contribution in [0.4, 0.5) is 0 Å². The number of hydrogen-bond acceptors (Lipinski definition) is 0. The summed E-state index contributed by atoms with van der Waals surface area (Å²) in [5.74, 6) is 0.833. The first-order chi connectivity index (χ1) is 11.2. The van der Waals surface area contributed by atoms with Gasteiger partial charge in [-0.3, -0.25) is 0 Å². The molecule has 0 aliphatic heterocycles. The molecule has 0 aliphatic carbocycles. The van der Waals surface area contributed by atoms with Crippen molar-refractivity contribution < 1.29 is 0 Å². The van der Waals surface area contributed by atoms with Gasteiger partial charge in [0, 0.05) is 26.9 Å². The molecule has 0 heterocycles. The third-order valence-corrected chi connectivity index (χ3v) is 7.57. The van der Waals surface area contributed by atoms with E-state index in [9.17, 15) is 0 Å². The Morgan fingerprint density at radius 2 is 0.870 bits per heavy atom. The van der Waals surface area contributed by atoms with Crippen LogP contribution in [0.3, 0.4) is 0 Å². The van der Waals surface area contributed by atoms with E-state index in [0.29, 0.717) is 0 Å². The summed E-state index contributed by atoms with van der Waals surface area (Å²) >= 11 is 18.1. The van der Waals surface area contributed by atoms with Crippen molar-refractivity contribution in [2.45, 2.75) is 113 Å². The standard InChI is InChI=1S/C19H39Cl3Si/c20-16-14-12-10-8-6-4-2-1-3-5-7-9-11-13-15-18(21)19(22)17-23/h18-19H,1-17H2,23H3. The van der Waals surface area contributed by atoms with Crippen LogP contribution >= 0.6 is 34.8 Å². The first kappa shape index (κ1) is 24.1. The van der Waals surface area contributed by atoms with E-state index in [4.69, 9.17) is 34.8 Å². The van der Waals surface area contributed by atoms with E-state index >= 15 is 0 Å². The van der Waals surface area contributed by atoms with Gasteiger partial charge in [0.05, 0.1) is 0 Å². The van der Waals surface area contributed by atoms with Crippen LogP contribution in [0.2, 0.25) is 6.04 Å². The highest BCUT2D eigenvalue weighted by Crippen LogP contribution is 2.20. The molecule has 140 valence electrons. The lowest BCUT2D eigenvalue weighted by Crippen LogP contribution is -2.14. The first-order valence-electron chi connectivity index (χ1n) is 10.1. The number of unbranched alkanes of at least 4 members (excludes halogenated alkanes) is 13. The Morgan fingerprint density at radius 3 is 1.22 bits per heavy atom. The Labute approximate surface area is 163 Å². The largest absolute Gasteiger partial charge is 0.127 e. The summed E-state index contributed by atoms with van der Waals surface area (Å²) in [5.41, 5.74) is 0. The Bertz CT molecular complexity index is 227. The van der Waals surface area contributed by atoms with Crippen molar-refractivity contribution in [1.82, 2.24) is 0 Å². The SMILES string of the molecule is [SiH3]CC(Cl)C(Cl)CCCCCCCCCCCCCCCCCl. The zero-order chi connectivity index (χ0) is 17.2. The Balaban J connectivity index is 3.08. The molecule has 2 atom stereocenters. The molecule has 0 fully saturated rings. The molecule has 0 saturated carbocycles. The topological polar surface area (TPSA) is 0 Å². The summed E-state index contributed by atoms with van der Waals surface area (Å²) in [6.45, 7) is 0. The third kappa shape index (κ3) is 17.7. The fourth-order valence-electron chi connectivity index (χ4n) is 2.99. The molecule has 0 nitrogen and oxygen atoms in total. The molecule has 0 radical (unpaired) electrons. The Morgan fingerprint density at radius 1 is 0.522 bits per heavy atom. The average Bonchev–Trinajstić information content (AvgIpc) is 2.57. The molecule has 0 bridgehead atoms. The zero-order valence-corrected chi connectivity index (χ0v) is 19.6. The second-order valence-electron chi connectivity index (χ2n) is 6.87. The fraction of sp³-hybridized carbons (Fsp3) is 1.00. The average molecular weight is 402 g/mol. The second kappa shape index (κ2) is 19.4. The fourth-order valence-corrected chi connectivity index (χ4v) is 4.51. The lowest BCUT2D eigenvalue weighted by Gasteiger charge is -2.13. The third-order valence-electron chi connectivity index (χ3n) is 4.65. The van der Waals surface area contributed by atoms with Gasteiger partial charge >= 0.3 is 0 Å². The van der Waals surface area contributed by atoms with Crippen molar-refractivity contribution in [1.29, 1.82) is 0 Å². The summed E-state index contributed by atoms with van der Waals surface area (Å²) in [5, 5.41) is 0.410. The predicted octanol–water partition coefficient (Wildman–Crippen LogP) is 7.08. The van der Waals surface area contributed by atoms with E-state index in [0.717, 1.165) is 28.6 Å². The van der Waals surface area contributed by atoms with Gasteiger partial charge in [-0.2, -0.15) is 0 Å². The van der Waals surface area contributed by atoms with Gasteiger partial charge in [-0.15, -0.1) is 34.8 Å². The Kier molecular flexibility index (Phi) is 20.3. The molecule has 0 aromatic carbocycles. The normalized spacial score (nSPS) is 14.2. The highest BCUT2D eigenvalue weighted by atomic mass is 35.5. The van der Waals surface area contributed by atoms with E-state index in [1.54, 1.807) is 0 Å². The number of rotatable bonds is 18. The van der Waals surface area contributed by atoms with Gasteiger partial charge in [0.1, 0.15) is 0 Å². The van der Waals surface area contributed by atoms with Crippen molar-refractivity contribution in [3.05, 3.63) is 0 Å². The molecule has 0 aliphatic rings. The smallest absolute Gasteiger partial charge is 0.0496 e. The van der Waals surface area contributed by atoms with Crippen molar-refractivity contribution in [2.24, 2.45) is 0 Å². The molecule has 0 aromatic heterocycles. The maximum Gasteiger partial charge on any atom is 0.0496 e. The molecule has 0 saturated heterocycles. The minimum Gasteiger partial charge on any atom is -0.127 e. The van der Waals surface area contributed by atoms with Crippen molar-refractivity contribution in [3.63, 3.8) is 0 Å². The summed E-state index contributed by atoms with van der Waals surface area (Å²) in [7, 11) is 1.16. The monoisotopic (exact) mass is 400 g/mol. The maximum absolute atomic E-state index is 6.27. The summed E-state index contributed by atoms with van der Waals surface area (Å²) < 4.78 is 0. The molecule has 23 heavy (non-hydrogen) atoms. The van der Waals surface area contributed by atoms with E-state index in [1.807, 2.05) is 0 Å². The summed E-state index contributed by atoms with van der Waals surface area (Å²) in [6, 6.07) is 1.11. The number of alkyl halides is 3. The Hall–Kier alpha value is 1.09. The molecule has 0 spiro atoms. The van der Waals surface area contributed by atoms with Crippen LogP contribution in [0.25, 0.3) is 0 Å². The van der Waals surface area contributed by atoms with Gasteiger partial charge in [-0.1, -0.05) is 83.5 Å². The molecule has 2 unspecified atom stereocenters. The van der Waals surface area contributed by atoms with Crippen molar-refractivity contribution >= 4 is 45.0 Å². The van der Waals surface area contributed by atoms with Crippen LogP contribution in [-0.2, 0) is 0 Å². The quantitative estimate of drug-likeness (QED) is 0.131. The van der Waals surface area contributed by atoms with E-state index in [-0.39, 0.29) is 10.8 Å². The van der Waals surface area contributed by atoms with Gasteiger partial charge < -0.3 is 0 Å².